The smallest absolute Gasteiger partial charge is 0.342 e. The Morgan fingerprint density at radius 3 is 2.43 bits per heavy atom. The number of benzene rings is 2. The normalized spacial score (nSPS) is 10.0. The number of rotatable bonds is 5. The van der Waals surface area contributed by atoms with Gasteiger partial charge in [-0.2, -0.15) is 0 Å². The lowest BCUT2D eigenvalue weighted by Crippen LogP contribution is -2.08. The van der Waals surface area contributed by atoms with E-state index in [1.807, 2.05) is 0 Å². The van der Waals surface area contributed by atoms with E-state index in [4.69, 9.17) is 9.47 Å². The van der Waals surface area contributed by atoms with Crippen molar-refractivity contribution in [3.63, 3.8) is 0 Å². The molecule has 0 amide bonds. The largest absolute Gasteiger partial charge is 0.496 e. The van der Waals surface area contributed by atoms with Gasteiger partial charge in [-0.25, -0.2) is 9.59 Å². The summed E-state index contributed by atoms with van der Waals surface area (Å²) in [6.07, 6.45) is 0. The van der Waals surface area contributed by atoms with Crippen LogP contribution in [-0.4, -0.2) is 26.2 Å². The number of halogens is 1. The van der Waals surface area contributed by atoms with Crippen molar-refractivity contribution < 1.29 is 23.8 Å². The highest BCUT2D eigenvalue weighted by Crippen LogP contribution is 2.22. The molecule has 2 aromatic carbocycles. The van der Waals surface area contributed by atoms with E-state index in [1.165, 1.54) is 14.2 Å². The maximum absolute atomic E-state index is 12.1. The van der Waals surface area contributed by atoms with Gasteiger partial charge >= 0.3 is 11.9 Å². The van der Waals surface area contributed by atoms with Gasteiger partial charge in [0.1, 0.15) is 17.9 Å². The van der Waals surface area contributed by atoms with Crippen molar-refractivity contribution in [1.82, 2.24) is 0 Å². The monoisotopic (exact) mass is 378 g/mol. The van der Waals surface area contributed by atoms with Crippen molar-refractivity contribution in [2.45, 2.75) is 6.61 Å². The number of hydrogen-bond acceptors (Lipinski definition) is 5. The average molecular weight is 379 g/mol. The van der Waals surface area contributed by atoms with E-state index < -0.39 is 11.9 Å². The predicted octanol–water partition coefficient (Wildman–Crippen LogP) is 3.60. The molecule has 0 spiro atoms. The summed E-state index contributed by atoms with van der Waals surface area (Å²) in [6.45, 7) is 0.0684. The first-order valence-corrected chi connectivity index (χ1v) is 7.53. The van der Waals surface area contributed by atoms with Gasteiger partial charge in [0.05, 0.1) is 19.8 Å². The number of carbonyl (C=O) groups is 2. The lowest BCUT2D eigenvalue weighted by Gasteiger charge is -2.10. The Bertz CT molecular complexity index is 727. The van der Waals surface area contributed by atoms with Crippen molar-refractivity contribution in [2.24, 2.45) is 0 Å². The Hall–Kier alpha value is -2.34. The van der Waals surface area contributed by atoms with Gasteiger partial charge in [-0.3, -0.25) is 0 Å². The van der Waals surface area contributed by atoms with Crippen LogP contribution in [0.1, 0.15) is 26.3 Å². The van der Waals surface area contributed by atoms with E-state index in [1.54, 1.807) is 42.5 Å². The molecular weight excluding hydrogens is 364 g/mol. The summed E-state index contributed by atoms with van der Waals surface area (Å²) in [6, 6.07) is 11.8. The van der Waals surface area contributed by atoms with Crippen LogP contribution in [0.3, 0.4) is 0 Å². The van der Waals surface area contributed by atoms with Crippen LogP contribution >= 0.6 is 15.9 Å². The average Bonchev–Trinajstić information content (AvgIpc) is 2.59. The molecule has 0 saturated carbocycles. The van der Waals surface area contributed by atoms with Crippen molar-refractivity contribution in [2.75, 3.05) is 14.2 Å². The highest BCUT2D eigenvalue weighted by Gasteiger charge is 2.14. The summed E-state index contributed by atoms with van der Waals surface area (Å²) >= 11 is 3.36. The molecule has 0 heterocycles. The Morgan fingerprint density at radius 2 is 1.78 bits per heavy atom. The van der Waals surface area contributed by atoms with Crippen molar-refractivity contribution in [1.29, 1.82) is 0 Å². The second-order valence-electron chi connectivity index (χ2n) is 4.57. The molecule has 0 atom stereocenters. The van der Waals surface area contributed by atoms with Gasteiger partial charge < -0.3 is 14.2 Å². The quantitative estimate of drug-likeness (QED) is 0.743. The van der Waals surface area contributed by atoms with Crippen molar-refractivity contribution in [3.05, 3.63) is 63.6 Å². The molecule has 120 valence electrons. The van der Waals surface area contributed by atoms with E-state index in [0.29, 0.717) is 21.3 Å². The zero-order valence-corrected chi connectivity index (χ0v) is 14.3. The third kappa shape index (κ3) is 4.10. The van der Waals surface area contributed by atoms with Crippen LogP contribution in [0.5, 0.6) is 5.75 Å². The van der Waals surface area contributed by atoms with Crippen LogP contribution in [0.2, 0.25) is 0 Å². The van der Waals surface area contributed by atoms with Gasteiger partial charge in [-0.05, 0) is 24.3 Å². The summed E-state index contributed by atoms with van der Waals surface area (Å²) in [7, 11) is 2.81. The van der Waals surface area contributed by atoms with Gasteiger partial charge in [0.2, 0.25) is 0 Å². The maximum atomic E-state index is 12.1. The van der Waals surface area contributed by atoms with Crippen LogP contribution < -0.4 is 4.74 Å². The minimum Gasteiger partial charge on any atom is -0.496 e. The molecule has 23 heavy (non-hydrogen) atoms. The molecule has 0 radical (unpaired) electrons. The number of hydrogen-bond donors (Lipinski definition) is 0. The zero-order valence-electron chi connectivity index (χ0n) is 12.7. The molecule has 0 N–H and O–H groups in total. The van der Waals surface area contributed by atoms with Gasteiger partial charge in [0.15, 0.2) is 0 Å². The molecule has 0 aliphatic carbocycles. The number of esters is 2. The fraction of sp³-hybridized carbons (Fsp3) is 0.176. The molecular formula is C17H15BrO5. The molecule has 0 unspecified atom stereocenters. The molecule has 2 rings (SSSR count). The highest BCUT2D eigenvalue weighted by atomic mass is 79.9. The number of ether oxygens (including phenoxy) is 3. The molecule has 0 bridgehead atoms. The summed E-state index contributed by atoms with van der Waals surface area (Å²) in [4.78, 5) is 23.6. The molecule has 6 heteroatoms. The second-order valence-corrected chi connectivity index (χ2v) is 5.43. The topological polar surface area (TPSA) is 61.8 Å². The van der Waals surface area contributed by atoms with Crippen molar-refractivity contribution >= 4 is 27.9 Å². The van der Waals surface area contributed by atoms with Gasteiger partial charge in [0.25, 0.3) is 0 Å². The van der Waals surface area contributed by atoms with Crippen LogP contribution in [0.4, 0.5) is 0 Å². The van der Waals surface area contributed by atoms with Gasteiger partial charge in [-0.1, -0.05) is 34.1 Å². The molecule has 0 saturated heterocycles. The molecule has 0 aliphatic heterocycles. The fourth-order valence-electron chi connectivity index (χ4n) is 1.94. The molecule has 5 nitrogen and oxygen atoms in total. The third-order valence-corrected chi connectivity index (χ3v) is 3.90. The number of methoxy groups -OCH3 is 2. The Morgan fingerprint density at radius 1 is 1.04 bits per heavy atom. The van der Waals surface area contributed by atoms with Crippen LogP contribution in [0.25, 0.3) is 0 Å². The fourth-order valence-corrected chi connectivity index (χ4v) is 2.44. The van der Waals surface area contributed by atoms with Gasteiger partial charge in [0, 0.05) is 10.0 Å². The van der Waals surface area contributed by atoms with E-state index in [0.717, 1.165) is 5.56 Å². The van der Waals surface area contributed by atoms with E-state index in [2.05, 4.69) is 20.7 Å². The zero-order chi connectivity index (χ0) is 16.8. The standard InChI is InChI=1S/C17H15BrO5/c1-21-15-6-4-3-5-13(15)17(20)23-10-12-8-7-11(9-14(12)18)16(19)22-2/h3-9H,10H2,1-2H3. The lowest BCUT2D eigenvalue weighted by atomic mass is 10.1. The maximum Gasteiger partial charge on any atom is 0.342 e. The molecule has 2 aromatic rings. The highest BCUT2D eigenvalue weighted by molar-refractivity contribution is 9.10. The van der Waals surface area contributed by atoms with E-state index in [-0.39, 0.29) is 6.61 Å². The summed E-state index contributed by atoms with van der Waals surface area (Å²) in [5, 5.41) is 0. The number of carbonyl (C=O) groups excluding carboxylic acids is 2. The molecule has 0 aromatic heterocycles. The SMILES string of the molecule is COC(=O)c1ccc(COC(=O)c2ccccc2OC)c(Br)c1. The first-order valence-electron chi connectivity index (χ1n) is 6.73. The minimum absolute atomic E-state index is 0.0684. The Labute approximate surface area is 142 Å². The summed E-state index contributed by atoms with van der Waals surface area (Å²) in [5.41, 5.74) is 1.51. The Kier molecular flexibility index (Phi) is 5.76. The number of para-hydroxylation sites is 1. The first kappa shape index (κ1) is 17.0. The lowest BCUT2D eigenvalue weighted by molar-refractivity contribution is 0.0467. The summed E-state index contributed by atoms with van der Waals surface area (Å²) < 4.78 is 15.7. The molecule has 0 aliphatic rings. The third-order valence-electron chi connectivity index (χ3n) is 3.16. The van der Waals surface area contributed by atoms with E-state index in [9.17, 15) is 9.59 Å². The van der Waals surface area contributed by atoms with Gasteiger partial charge in [-0.15, -0.1) is 0 Å². The second kappa shape index (κ2) is 7.78. The molecule has 0 fully saturated rings. The summed E-state index contributed by atoms with van der Waals surface area (Å²) in [5.74, 6) is -0.452. The van der Waals surface area contributed by atoms with E-state index >= 15 is 0 Å². The minimum atomic E-state index is -0.480. The first-order chi connectivity index (χ1) is 11.1. The Balaban J connectivity index is 2.09. The van der Waals surface area contributed by atoms with Crippen molar-refractivity contribution in [3.8, 4) is 5.75 Å². The van der Waals surface area contributed by atoms with Crippen LogP contribution in [0.15, 0.2) is 46.9 Å². The van der Waals surface area contributed by atoms with Crippen LogP contribution in [-0.2, 0) is 16.1 Å². The van der Waals surface area contributed by atoms with Crippen LogP contribution in [0, 0.1) is 0 Å². The predicted molar refractivity (Wildman–Crippen MR) is 87.6 cm³/mol.